The average molecular weight is 282 g/mol. The van der Waals surface area contributed by atoms with Crippen LogP contribution in [0.25, 0.3) is 0 Å². The second-order valence-corrected chi connectivity index (χ2v) is 5.74. The van der Waals surface area contributed by atoms with Crippen LogP contribution in [0, 0.1) is 5.82 Å². The summed E-state index contributed by atoms with van der Waals surface area (Å²) in [4.78, 5) is 0. The molecule has 0 atom stereocenters. The summed E-state index contributed by atoms with van der Waals surface area (Å²) in [6.07, 6.45) is 0. The van der Waals surface area contributed by atoms with Crippen molar-refractivity contribution in [3.8, 4) is 0 Å². The topological polar surface area (TPSA) is 58.6 Å². The Morgan fingerprint density at radius 2 is 2.28 bits per heavy atom. The molecule has 1 aromatic carbocycles. The van der Waals surface area contributed by atoms with E-state index in [4.69, 9.17) is 10.9 Å². The van der Waals surface area contributed by atoms with Crippen molar-refractivity contribution in [2.45, 2.75) is 9.96 Å². The molecular formula is C12H11FN2OS2. The van der Waals surface area contributed by atoms with Gasteiger partial charge in [-0.3, -0.25) is 0 Å². The lowest BCUT2D eigenvalue weighted by Gasteiger charge is -2.04. The van der Waals surface area contributed by atoms with Crippen molar-refractivity contribution in [2.75, 3.05) is 0 Å². The molecule has 0 spiro atoms. The fourth-order valence-corrected chi connectivity index (χ4v) is 3.15. The van der Waals surface area contributed by atoms with E-state index in [0.717, 1.165) is 4.21 Å². The third-order valence-corrected chi connectivity index (χ3v) is 4.50. The van der Waals surface area contributed by atoms with Gasteiger partial charge in [0.15, 0.2) is 5.84 Å². The summed E-state index contributed by atoms with van der Waals surface area (Å²) in [5.74, 6) is 0.123. The number of halogens is 1. The van der Waals surface area contributed by atoms with Crippen molar-refractivity contribution < 1.29 is 9.60 Å². The fourth-order valence-electron chi connectivity index (χ4n) is 1.38. The molecule has 0 aliphatic rings. The molecule has 0 aliphatic carbocycles. The van der Waals surface area contributed by atoms with Gasteiger partial charge in [-0.15, -0.1) is 23.1 Å². The van der Waals surface area contributed by atoms with Crippen LogP contribution in [-0.4, -0.2) is 11.0 Å². The molecule has 2 aromatic rings. The normalized spacial score (nSPS) is 11.7. The van der Waals surface area contributed by atoms with Gasteiger partial charge < -0.3 is 10.9 Å². The number of amidine groups is 1. The summed E-state index contributed by atoms with van der Waals surface area (Å²) in [5, 5.41) is 13.3. The summed E-state index contributed by atoms with van der Waals surface area (Å²) >= 11 is 3.21. The molecule has 0 saturated heterocycles. The Labute approximate surface area is 112 Å². The van der Waals surface area contributed by atoms with Crippen LogP contribution in [0.5, 0.6) is 0 Å². The Kier molecular flexibility index (Phi) is 4.22. The van der Waals surface area contributed by atoms with Crippen molar-refractivity contribution in [3.05, 3.63) is 52.7 Å². The molecule has 3 N–H and O–H groups in total. The van der Waals surface area contributed by atoms with E-state index in [-0.39, 0.29) is 11.7 Å². The van der Waals surface area contributed by atoms with E-state index in [9.17, 15) is 4.39 Å². The highest BCUT2D eigenvalue weighted by molar-refractivity contribution is 8.00. The number of benzene rings is 1. The first-order chi connectivity index (χ1) is 8.70. The number of hydrogen-bond acceptors (Lipinski definition) is 4. The standard InChI is InChI=1S/C12H11FN2OS2/c13-10-6-8(12(14)15-16)3-4-9(10)7-18-11-2-1-5-17-11/h1-6,16H,7H2,(H2,14,15). The highest BCUT2D eigenvalue weighted by Crippen LogP contribution is 2.28. The van der Waals surface area contributed by atoms with Crippen LogP contribution in [0.3, 0.4) is 0 Å². The fraction of sp³-hybridized carbons (Fsp3) is 0.0833. The van der Waals surface area contributed by atoms with E-state index in [0.29, 0.717) is 16.9 Å². The molecule has 1 aromatic heterocycles. The molecular weight excluding hydrogens is 271 g/mol. The van der Waals surface area contributed by atoms with Crippen LogP contribution in [0.2, 0.25) is 0 Å². The monoisotopic (exact) mass is 282 g/mol. The molecule has 3 nitrogen and oxygen atoms in total. The summed E-state index contributed by atoms with van der Waals surface area (Å²) < 4.78 is 14.9. The van der Waals surface area contributed by atoms with Gasteiger partial charge in [-0.25, -0.2) is 4.39 Å². The Bertz CT molecular complexity index is 555. The number of nitrogens with zero attached hydrogens (tertiary/aromatic N) is 1. The molecule has 1 heterocycles. The molecule has 0 saturated carbocycles. The van der Waals surface area contributed by atoms with Crippen molar-refractivity contribution in [3.63, 3.8) is 0 Å². The third kappa shape index (κ3) is 3.02. The first-order valence-electron chi connectivity index (χ1n) is 5.13. The minimum Gasteiger partial charge on any atom is -0.409 e. The molecule has 94 valence electrons. The molecule has 0 radical (unpaired) electrons. The highest BCUT2D eigenvalue weighted by atomic mass is 32.2. The largest absolute Gasteiger partial charge is 0.409 e. The summed E-state index contributed by atoms with van der Waals surface area (Å²) in [6.45, 7) is 0. The van der Waals surface area contributed by atoms with E-state index in [1.54, 1.807) is 35.2 Å². The summed E-state index contributed by atoms with van der Waals surface area (Å²) in [7, 11) is 0. The first kappa shape index (κ1) is 12.9. The number of thiophene rings is 1. The Morgan fingerprint density at radius 1 is 1.44 bits per heavy atom. The molecule has 2 rings (SSSR count). The van der Waals surface area contributed by atoms with Gasteiger partial charge in [0.25, 0.3) is 0 Å². The van der Waals surface area contributed by atoms with Gasteiger partial charge >= 0.3 is 0 Å². The molecule has 6 heteroatoms. The minimum atomic E-state index is -0.344. The first-order valence-corrected chi connectivity index (χ1v) is 7.00. The van der Waals surface area contributed by atoms with Crippen molar-refractivity contribution in [1.82, 2.24) is 0 Å². The lowest BCUT2D eigenvalue weighted by molar-refractivity contribution is 0.318. The van der Waals surface area contributed by atoms with Gasteiger partial charge in [0.2, 0.25) is 0 Å². The van der Waals surface area contributed by atoms with E-state index in [1.165, 1.54) is 6.07 Å². The second kappa shape index (κ2) is 5.88. The van der Waals surface area contributed by atoms with Crippen LogP contribution >= 0.6 is 23.1 Å². The number of hydrogen-bond donors (Lipinski definition) is 2. The van der Waals surface area contributed by atoms with Crippen LogP contribution in [0.15, 0.2) is 45.1 Å². The number of rotatable bonds is 4. The van der Waals surface area contributed by atoms with Crippen molar-refractivity contribution in [2.24, 2.45) is 10.9 Å². The van der Waals surface area contributed by atoms with Gasteiger partial charge in [-0.1, -0.05) is 23.4 Å². The quantitative estimate of drug-likeness (QED) is 0.297. The molecule has 0 bridgehead atoms. The van der Waals surface area contributed by atoms with Crippen LogP contribution in [-0.2, 0) is 5.75 Å². The average Bonchev–Trinajstić information content (AvgIpc) is 2.89. The predicted octanol–water partition coefficient (Wildman–Crippen LogP) is 3.27. The smallest absolute Gasteiger partial charge is 0.170 e. The zero-order valence-corrected chi connectivity index (χ0v) is 11.0. The van der Waals surface area contributed by atoms with E-state index in [1.807, 2.05) is 17.5 Å². The maximum absolute atomic E-state index is 13.8. The van der Waals surface area contributed by atoms with Gasteiger partial charge in [-0.05, 0) is 23.1 Å². The van der Waals surface area contributed by atoms with E-state index < -0.39 is 0 Å². The van der Waals surface area contributed by atoms with Gasteiger partial charge in [0.1, 0.15) is 5.82 Å². The number of thioether (sulfide) groups is 1. The molecule has 0 aliphatic heterocycles. The Balaban J connectivity index is 2.10. The highest BCUT2D eigenvalue weighted by Gasteiger charge is 2.07. The number of nitrogens with two attached hydrogens (primary N) is 1. The predicted molar refractivity (Wildman–Crippen MR) is 72.8 cm³/mol. The Hall–Kier alpha value is -1.53. The zero-order valence-electron chi connectivity index (χ0n) is 9.34. The van der Waals surface area contributed by atoms with Gasteiger partial charge in [0.05, 0.1) is 4.21 Å². The Morgan fingerprint density at radius 3 is 2.89 bits per heavy atom. The van der Waals surface area contributed by atoms with Crippen LogP contribution in [0.1, 0.15) is 11.1 Å². The minimum absolute atomic E-state index is 0.0913. The lowest BCUT2D eigenvalue weighted by Crippen LogP contribution is -2.13. The summed E-state index contributed by atoms with van der Waals surface area (Å²) in [5.41, 5.74) is 6.37. The van der Waals surface area contributed by atoms with Crippen LogP contribution in [0.4, 0.5) is 4.39 Å². The SMILES string of the molecule is N/C(=N\O)c1ccc(CSc2cccs2)c(F)c1. The number of oxime groups is 1. The van der Waals surface area contributed by atoms with Crippen molar-refractivity contribution >= 4 is 28.9 Å². The van der Waals surface area contributed by atoms with E-state index in [2.05, 4.69) is 5.16 Å². The van der Waals surface area contributed by atoms with Gasteiger partial charge in [0, 0.05) is 11.3 Å². The lowest BCUT2D eigenvalue weighted by atomic mass is 10.1. The van der Waals surface area contributed by atoms with Crippen molar-refractivity contribution in [1.29, 1.82) is 0 Å². The molecule has 18 heavy (non-hydrogen) atoms. The maximum atomic E-state index is 13.8. The molecule has 0 unspecified atom stereocenters. The summed E-state index contributed by atoms with van der Waals surface area (Å²) in [6, 6.07) is 8.54. The third-order valence-electron chi connectivity index (χ3n) is 2.32. The van der Waals surface area contributed by atoms with E-state index >= 15 is 0 Å². The molecule has 0 fully saturated rings. The van der Waals surface area contributed by atoms with Crippen LogP contribution < -0.4 is 5.73 Å². The molecule has 0 amide bonds. The second-order valence-electron chi connectivity index (χ2n) is 3.51. The maximum Gasteiger partial charge on any atom is 0.170 e. The zero-order chi connectivity index (χ0) is 13.0. The van der Waals surface area contributed by atoms with Gasteiger partial charge in [-0.2, -0.15) is 0 Å².